The highest BCUT2D eigenvalue weighted by Gasteiger charge is 2.16. The molecule has 0 aliphatic rings. The molecule has 0 saturated carbocycles. The number of carbonyl (C=O) groups is 1. The van der Waals surface area contributed by atoms with Crippen LogP contribution in [0.2, 0.25) is 5.02 Å². The molecule has 0 aliphatic carbocycles. The topological polar surface area (TPSA) is 35.5 Å². The van der Waals surface area contributed by atoms with Crippen molar-refractivity contribution in [2.75, 3.05) is 6.61 Å². The zero-order chi connectivity index (χ0) is 15.5. The standard InChI is InChI=1S/C17H19ClO3/c1-17(2,3)21-16(19)10-11-20-15-9-8-14(18)12-6-4-5-7-13(12)15/h4-9H,10-11H2,1-3H3. The lowest BCUT2D eigenvalue weighted by atomic mass is 10.1. The maximum absolute atomic E-state index is 11.6. The van der Waals surface area contributed by atoms with Gasteiger partial charge in [-0.3, -0.25) is 4.79 Å². The highest BCUT2D eigenvalue weighted by molar-refractivity contribution is 6.35. The summed E-state index contributed by atoms with van der Waals surface area (Å²) in [7, 11) is 0. The summed E-state index contributed by atoms with van der Waals surface area (Å²) in [5.74, 6) is 0.458. The fourth-order valence-electron chi connectivity index (χ4n) is 2.00. The van der Waals surface area contributed by atoms with Crippen molar-refractivity contribution >= 4 is 28.3 Å². The molecule has 2 aromatic rings. The van der Waals surface area contributed by atoms with E-state index in [1.807, 2.05) is 51.1 Å². The van der Waals surface area contributed by atoms with Crippen molar-refractivity contribution in [3.8, 4) is 5.75 Å². The predicted molar refractivity (Wildman–Crippen MR) is 84.9 cm³/mol. The molecular weight excluding hydrogens is 288 g/mol. The van der Waals surface area contributed by atoms with Crippen molar-refractivity contribution in [1.29, 1.82) is 0 Å². The normalized spacial score (nSPS) is 11.4. The largest absolute Gasteiger partial charge is 0.492 e. The second-order valence-corrected chi connectivity index (χ2v) is 6.18. The van der Waals surface area contributed by atoms with Gasteiger partial charge in [0.05, 0.1) is 13.0 Å². The van der Waals surface area contributed by atoms with Gasteiger partial charge in [-0.05, 0) is 32.9 Å². The van der Waals surface area contributed by atoms with E-state index in [9.17, 15) is 4.79 Å². The van der Waals surface area contributed by atoms with Crippen LogP contribution in [0.4, 0.5) is 0 Å². The van der Waals surface area contributed by atoms with Crippen molar-refractivity contribution in [3.63, 3.8) is 0 Å². The third-order valence-electron chi connectivity index (χ3n) is 2.81. The van der Waals surface area contributed by atoms with Crippen LogP contribution in [0.5, 0.6) is 5.75 Å². The maximum Gasteiger partial charge on any atom is 0.309 e. The summed E-state index contributed by atoms with van der Waals surface area (Å²) in [6.07, 6.45) is 0.216. The molecule has 2 aromatic carbocycles. The fraction of sp³-hybridized carbons (Fsp3) is 0.353. The van der Waals surface area contributed by atoms with Gasteiger partial charge in [-0.25, -0.2) is 0 Å². The Labute approximate surface area is 129 Å². The zero-order valence-corrected chi connectivity index (χ0v) is 13.2. The number of esters is 1. The summed E-state index contributed by atoms with van der Waals surface area (Å²) in [6, 6.07) is 11.4. The Morgan fingerprint density at radius 2 is 1.76 bits per heavy atom. The van der Waals surface area contributed by atoms with Crippen LogP contribution in [0.15, 0.2) is 36.4 Å². The Hall–Kier alpha value is -1.74. The number of ether oxygens (including phenoxy) is 2. The minimum Gasteiger partial charge on any atom is -0.492 e. The molecule has 0 spiro atoms. The Morgan fingerprint density at radius 3 is 2.43 bits per heavy atom. The summed E-state index contributed by atoms with van der Waals surface area (Å²) >= 11 is 6.16. The number of halogens is 1. The van der Waals surface area contributed by atoms with Crippen molar-refractivity contribution in [1.82, 2.24) is 0 Å². The molecule has 2 rings (SSSR count). The Kier molecular flexibility index (Phi) is 4.73. The van der Waals surface area contributed by atoms with E-state index in [-0.39, 0.29) is 19.0 Å². The summed E-state index contributed by atoms with van der Waals surface area (Å²) < 4.78 is 10.9. The van der Waals surface area contributed by atoms with Gasteiger partial charge in [0, 0.05) is 15.8 Å². The van der Waals surface area contributed by atoms with Gasteiger partial charge >= 0.3 is 5.97 Å². The first-order valence-electron chi connectivity index (χ1n) is 6.89. The molecule has 0 aromatic heterocycles. The smallest absolute Gasteiger partial charge is 0.309 e. The molecule has 112 valence electrons. The second kappa shape index (κ2) is 6.35. The van der Waals surface area contributed by atoms with Gasteiger partial charge in [-0.2, -0.15) is 0 Å². The number of fused-ring (bicyclic) bond motifs is 1. The van der Waals surface area contributed by atoms with Crippen LogP contribution in [0, 0.1) is 0 Å². The van der Waals surface area contributed by atoms with Crippen molar-refractivity contribution in [3.05, 3.63) is 41.4 Å². The van der Waals surface area contributed by atoms with E-state index in [0.29, 0.717) is 5.02 Å². The Morgan fingerprint density at radius 1 is 1.10 bits per heavy atom. The van der Waals surface area contributed by atoms with E-state index in [2.05, 4.69) is 0 Å². The number of benzene rings is 2. The van der Waals surface area contributed by atoms with Crippen LogP contribution in [0.1, 0.15) is 27.2 Å². The Bertz CT molecular complexity index is 644. The van der Waals surface area contributed by atoms with Gasteiger partial charge in [0.15, 0.2) is 0 Å². The number of rotatable bonds is 4. The van der Waals surface area contributed by atoms with Crippen LogP contribution in [-0.2, 0) is 9.53 Å². The molecule has 0 atom stereocenters. The molecule has 0 heterocycles. The maximum atomic E-state index is 11.6. The molecular formula is C17H19ClO3. The van der Waals surface area contributed by atoms with E-state index >= 15 is 0 Å². The second-order valence-electron chi connectivity index (χ2n) is 5.78. The van der Waals surface area contributed by atoms with E-state index in [1.165, 1.54) is 0 Å². The Balaban J connectivity index is 2.02. The minimum absolute atomic E-state index is 0.216. The molecule has 3 nitrogen and oxygen atoms in total. The zero-order valence-electron chi connectivity index (χ0n) is 12.5. The molecule has 0 bridgehead atoms. The molecule has 0 radical (unpaired) electrons. The van der Waals surface area contributed by atoms with Gasteiger partial charge < -0.3 is 9.47 Å². The van der Waals surface area contributed by atoms with Gasteiger partial charge in [-0.15, -0.1) is 0 Å². The van der Waals surface area contributed by atoms with E-state index in [1.54, 1.807) is 6.07 Å². The molecule has 0 aliphatic heterocycles. The van der Waals surface area contributed by atoms with Crippen molar-refractivity contribution < 1.29 is 14.3 Å². The van der Waals surface area contributed by atoms with Crippen molar-refractivity contribution in [2.45, 2.75) is 32.8 Å². The fourth-order valence-corrected chi connectivity index (χ4v) is 2.23. The third-order valence-corrected chi connectivity index (χ3v) is 3.14. The molecule has 0 amide bonds. The number of carbonyl (C=O) groups excluding carboxylic acids is 1. The van der Waals surface area contributed by atoms with Gasteiger partial charge in [0.1, 0.15) is 11.4 Å². The van der Waals surface area contributed by atoms with Gasteiger partial charge in [0.2, 0.25) is 0 Å². The molecule has 0 unspecified atom stereocenters. The molecule has 21 heavy (non-hydrogen) atoms. The molecule has 0 saturated heterocycles. The number of hydrogen-bond acceptors (Lipinski definition) is 3. The van der Waals surface area contributed by atoms with Crippen LogP contribution >= 0.6 is 11.6 Å². The molecule has 0 N–H and O–H groups in total. The van der Waals surface area contributed by atoms with Crippen LogP contribution < -0.4 is 4.74 Å². The highest BCUT2D eigenvalue weighted by Crippen LogP contribution is 2.31. The first-order valence-corrected chi connectivity index (χ1v) is 7.26. The predicted octanol–water partition coefficient (Wildman–Crippen LogP) is 4.60. The lowest BCUT2D eigenvalue weighted by molar-refractivity contribution is -0.155. The average Bonchev–Trinajstić information content (AvgIpc) is 2.40. The quantitative estimate of drug-likeness (QED) is 0.774. The molecule has 4 heteroatoms. The van der Waals surface area contributed by atoms with Crippen LogP contribution in [-0.4, -0.2) is 18.2 Å². The summed E-state index contributed by atoms with van der Waals surface area (Å²) in [6.45, 7) is 5.82. The minimum atomic E-state index is -0.468. The van der Waals surface area contributed by atoms with Crippen LogP contribution in [0.3, 0.4) is 0 Å². The van der Waals surface area contributed by atoms with Crippen molar-refractivity contribution in [2.24, 2.45) is 0 Å². The van der Waals surface area contributed by atoms with Gasteiger partial charge in [-0.1, -0.05) is 35.9 Å². The third kappa shape index (κ3) is 4.36. The van der Waals surface area contributed by atoms with E-state index < -0.39 is 5.60 Å². The van der Waals surface area contributed by atoms with E-state index in [4.69, 9.17) is 21.1 Å². The lowest BCUT2D eigenvalue weighted by Gasteiger charge is -2.19. The first-order chi connectivity index (χ1) is 9.87. The first kappa shape index (κ1) is 15.6. The lowest BCUT2D eigenvalue weighted by Crippen LogP contribution is -2.24. The highest BCUT2D eigenvalue weighted by atomic mass is 35.5. The average molecular weight is 307 g/mol. The summed E-state index contributed by atoms with van der Waals surface area (Å²) in [5, 5.41) is 2.56. The summed E-state index contributed by atoms with van der Waals surface area (Å²) in [5.41, 5.74) is -0.468. The van der Waals surface area contributed by atoms with E-state index in [0.717, 1.165) is 16.5 Å². The monoisotopic (exact) mass is 306 g/mol. The SMILES string of the molecule is CC(C)(C)OC(=O)CCOc1ccc(Cl)c2ccccc12. The molecule has 0 fully saturated rings. The van der Waals surface area contributed by atoms with Crippen LogP contribution in [0.25, 0.3) is 10.8 Å². The number of hydrogen-bond donors (Lipinski definition) is 0. The summed E-state index contributed by atoms with van der Waals surface area (Å²) in [4.78, 5) is 11.6. The van der Waals surface area contributed by atoms with Gasteiger partial charge in [0.25, 0.3) is 0 Å².